The first-order chi connectivity index (χ1) is 9.20. The first-order valence-corrected chi connectivity index (χ1v) is 6.12. The van der Waals surface area contributed by atoms with Crippen LogP contribution in [0.1, 0.15) is 23.7 Å². The Balaban J connectivity index is 2.22. The number of carbonyl (C=O) groups is 1. The van der Waals surface area contributed by atoms with Crippen LogP contribution in [0.4, 0.5) is 0 Å². The molecule has 0 radical (unpaired) electrons. The van der Waals surface area contributed by atoms with E-state index in [-0.39, 0.29) is 5.56 Å². The van der Waals surface area contributed by atoms with Crippen LogP contribution in [0.25, 0.3) is 11.1 Å². The number of carboxylic acid groups (broad SMARTS) is 1. The molecule has 2 aromatic rings. The average Bonchev–Trinajstić information content (AvgIpc) is 2.46. The van der Waals surface area contributed by atoms with Gasteiger partial charge < -0.3 is 9.84 Å². The Hall–Kier alpha value is -2.36. The predicted molar refractivity (Wildman–Crippen MR) is 72.4 cm³/mol. The van der Waals surface area contributed by atoms with Gasteiger partial charge in [0.1, 0.15) is 5.75 Å². The van der Waals surface area contributed by atoms with Crippen molar-refractivity contribution in [1.29, 1.82) is 0 Å². The minimum absolute atomic E-state index is 0.184. The van der Waals surface area contributed by atoms with Crippen LogP contribution in [0.3, 0.4) is 0 Å². The molecule has 1 N–H and O–H groups in total. The molecule has 2 rings (SSSR count). The molecule has 0 saturated carbocycles. The van der Waals surface area contributed by atoms with E-state index in [4.69, 9.17) is 9.84 Å². The molecule has 0 bridgehead atoms. The molecule has 0 saturated heterocycles. The van der Waals surface area contributed by atoms with E-state index in [1.54, 1.807) is 12.3 Å². The summed E-state index contributed by atoms with van der Waals surface area (Å²) in [6.45, 7) is 2.74. The summed E-state index contributed by atoms with van der Waals surface area (Å²) in [5.41, 5.74) is 1.88. The second kappa shape index (κ2) is 6.00. The van der Waals surface area contributed by atoms with Gasteiger partial charge >= 0.3 is 5.97 Å². The number of nitrogens with zero attached hydrogens (tertiary/aromatic N) is 1. The molecular formula is C15H15NO3. The third-order valence-corrected chi connectivity index (χ3v) is 2.65. The second-order valence-electron chi connectivity index (χ2n) is 4.14. The lowest BCUT2D eigenvalue weighted by molar-refractivity contribution is 0.0696. The topological polar surface area (TPSA) is 59.4 Å². The van der Waals surface area contributed by atoms with Gasteiger partial charge in [0.15, 0.2) is 0 Å². The fourth-order valence-corrected chi connectivity index (χ4v) is 1.68. The Labute approximate surface area is 111 Å². The molecule has 1 aromatic carbocycles. The highest BCUT2D eigenvalue weighted by molar-refractivity contribution is 5.88. The number of carboxylic acids is 1. The molecule has 0 atom stereocenters. The lowest BCUT2D eigenvalue weighted by Gasteiger charge is -2.06. The zero-order valence-electron chi connectivity index (χ0n) is 10.7. The normalized spacial score (nSPS) is 10.2. The molecule has 0 aliphatic carbocycles. The van der Waals surface area contributed by atoms with E-state index in [0.29, 0.717) is 6.61 Å². The molecule has 0 fully saturated rings. The zero-order chi connectivity index (χ0) is 13.7. The van der Waals surface area contributed by atoms with E-state index in [1.807, 2.05) is 24.3 Å². The number of aromatic carboxylic acids is 1. The van der Waals surface area contributed by atoms with Crippen LogP contribution >= 0.6 is 0 Å². The molecule has 19 heavy (non-hydrogen) atoms. The van der Waals surface area contributed by atoms with Crippen molar-refractivity contribution in [3.63, 3.8) is 0 Å². The monoisotopic (exact) mass is 257 g/mol. The number of aromatic nitrogens is 1. The molecule has 0 unspecified atom stereocenters. The molecule has 0 spiro atoms. The van der Waals surface area contributed by atoms with E-state index in [2.05, 4.69) is 11.9 Å². The molecule has 4 nitrogen and oxygen atoms in total. The van der Waals surface area contributed by atoms with Gasteiger partial charge in [-0.1, -0.05) is 19.1 Å². The Kier molecular flexibility index (Phi) is 4.13. The number of pyridine rings is 1. The lowest BCUT2D eigenvalue weighted by Crippen LogP contribution is -1.97. The summed E-state index contributed by atoms with van der Waals surface area (Å²) in [6.07, 6.45) is 3.95. The highest BCUT2D eigenvalue weighted by Gasteiger charge is 2.05. The van der Waals surface area contributed by atoms with Crippen molar-refractivity contribution < 1.29 is 14.6 Å². The third kappa shape index (κ3) is 3.31. The Bertz CT molecular complexity index is 564. The minimum Gasteiger partial charge on any atom is -0.494 e. The van der Waals surface area contributed by atoms with Gasteiger partial charge in [-0.05, 0) is 30.2 Å². The van der Waals surface area contributed by atoms with E-state index in [1.165, 1.54) is 6.20 Å². The zero-order valence-corrected chi connectivity index (χ0v) is 10.7. The largest absolute Gasteiger partial charge is 0.494 e. The Morgan fingerprint density at radius 1 is 1.21 bits per heavy atom. The molecule has 1 aromatic heterocycles. The summed E-state index contributed by atoms with van der Waals surface area (Å²) in [6, 6.07) is 9.15. The number of rotatable bonds is 5. The molecule has 4 heteroatoms. The summed E-state index contributed by atoms with van der Waals surface area (Å²) in [5, 5.41) is 8.94. The summed E-state index contributed by atoms with van der Waals surface area (Å²) in [7, 11) is 0. The van der Waals surface area contributed by atoms with E-state index < -0.39 is 5.97 Å². The fraction of sp³-hybridized carbons (Fsp3) is 0.200. The summed E-state index contributed by atoms with van der Waals surface area (Å²) >= 11 is 0. The van der Waals surface area contributed by atoms with Gasteiger partial charge in [0.25, 0.3) is 0 Å². The van der Waals surface area contributed by atoms with Crippen LogP contribution in [0, 0.1) is 0 Å². The SMILES string of the molecule is CCCOc1ccc(-c2cncc(C(=O)O)c2)cc1. The van der Waals surface area contributed by atoms with E-state index >= 15 is 0 Å². The van der Waals surface area contributed by atoms with Gasteiger partial charge in [0.05, 0.1) is 12.2 Å². The molecule has 1 heterocycles. The van der Waals surface area contributed by atoms with Crippen LogP contribution in [-0.2, 0) is 0 Å². The second-order valence-corrected chi connectivity index (χ2v) is 4.14. The van der Waals surface area contributed by atoms with Crippen molar-refractivity contribution >= 4 is 5.97 Å². The van der Waals surface area contributed by atoms with Crippen molar-refractivity contribution in [3.05, 3.63) is 48.3 Å². The van der Waals surface area contributed by atoms with Crippen LogP contribution in [0.15, 0.2) is 42.7 Å². The van der Waals surface area contributed by atoms with Crippen LogP contribution in [0.5, 0.6) is 5.75 Å². The predicted octanol–water partition coefficient (Wildman–Crippen LogP) is 3.24. The highest BCUT2D eigenvalue weighted by Crippen LogP contribution is 2.22. The Morgan fingerprint density at radius 2 is 1.95 bits per heavy atom. The van der Waals surface area contributed by atoms with Gasteiger partial charge in [-0.25, -0.2) is 4.79 Å². The molecule has 0 aliphatic rings. The summed E-state index contributed by atoms with van der Waals surface area (Å²) < 4.78 is 5.50. The van der Waals surface area contributed by atoms with Crippen molar-refractivity contribution in [3.8, 4) is 16.9 Å². The summed E-state index contributed by atoms with van der Waals surface area (Å²) in [5.74, 6) is -0.162. The maximum atomic E-state index is 10.9. The van der Waals surface area contributed by atoms with Crippen molar-refractivity contribution in [2.75, 3.05) is 6.61 Å². The van der Waals surface area contributed by atoms with Crippen LogP contribution in [-0.4, -0.2) is 22.7 Å². The number of ether oxygens (including phenoxy) is 1. The first kappa shape index (κ1) is 13.1. The number of hydrogen-bond acceptors (Lipinski definition) is 3. The quantitative estimate of drug-likeness (QED) is 0.893. The standard InChI is InChI=1S/C15H15NO3/c1-2-7-19-14-5-3-11(4-6-14)12-8-13(15(17)18)10-16-9-12/h3-6,8-10H,2,7H2,1H3,(H,17,18). The molecular weight excluding hydrogens is 242 g/mol. The number of benzene rings is 1. The smallest absolute Gasteiger partial charge is 0.337 e. The molecule has 98 valence electrons. The van der Waals surface area contributed by atoms with Crippen LogP contribution in [0.2, 0.25) is 0 Å². The van der Waals surface area contributed by atoms with Crippen LogP contribution < -0.4 is 4.74 Å². The van der Waals surface area contributed by atoms with Gasteiger partial charge in [-0.15, -0.1) is 0 Å². The van der Waals surface area contributed by atoms with Gasteiger partial charge in [0, 0.05) is 18.0 Å². The van der Waals surface area contributed by atoms with E-state index in [0.717, 1.165) is 23.3 Å². The van der Waals surface area contributed by atoms with Crippen molar-refractivity contribution in [2.24, 2.45) is 0 Å². The minimum atomic E-state index is -0.975. The lowest BCUT2D eigenvalue weighted by atomic mass is 10.1. The number of hydrogen-bond donors (Lipinski definition) is 1. The Morgan fingerprint density at radius 3 is 2.58 bits per heavy atom. The summed E-state index contributed by atoms with van der Waals surface area (Å²) in [4.78, 5) is 14.8. The van der Waals surface area contributed by atoms with Crippen molar-refractivity contribution in [2.45, 2.75) is 13.3 Å². The van der Waals surface area contributed by atoms with Gasteiger partial charge in [-0.3, -0.25) is 4.98 Å². The average molecular weight is 257 g/mol. The maximum Gasteiger partial charge on any atom is 0.337 e. The third-order valence-electron chi connectivity index (χ3n) is 2.65. The highest BCUT2D eigenvalue weighted by atomic mass is 16.5. The molecule has 0 aliphatic heterocycles. The van der Waals surface area contributed by atoms with E-state index in [9.17, 15) is 4.79 Å². The van der Waals surface area contributed by atoms with Crippen molar-refractivity contribution in [1.82, 2.24) is 4.98 Å². The van der Waals surface area contributed by atoms with Gasteiger partial charge in [-0.2, -0.15) is 0 Å². The van der Waals surface area contributed by atoms with Gasteiger partial charge in [0.2, 0.25) is 0 Å². The maximum absolute atomic E-state index is 10.9. The molecule has 0 amide bonds. The fourth-order valence-electron chi connectivity index (χ4n) is 1.68. The first-order valence-electron chi connectivity index (χ1n) is 6.12.